The highest BCUT2D eigenvalue weighted by molar-refractivity contribution is 7.86. The Balaban J connectivity index is 0.796. The molecule has 1 saturated heterocycles. The van der Waals surface area contributed by atoms with E-state index in [4.69, 9.17) is 13.9 Å². The number of likely N-dealkylation sites (N-methyl/N-ethyl adjacent to an activating group) is 1. The van der Waals surface area contributed by atoms with Crippen LogP contribution in [0.4, 0.5) is 9.57 Å². The third-order valence-electron chi connectivity index (χ3n) is 17.7. The van der Waals surface area contributed by atoms with Crippen molar-refractivity contribution in [2.45, 2.75) is 74.2 Å². The lowest BCUT2D eigenvalue weighted by molar-refractivity contribution is -0.266. The van der Waals surface area contributed by atoms with E-state index in [9.17, 15) is 36.6 Å². The summed E-state index contributed by atoms with van der Waals surface area (Å²) in [5, 5.41) is 27.0. The van der Waals surface area contributed by atoms with Crippen LogP contribution in [-0.4, -0.2) is 119 Å². The molecule has 3 N–H and O–H groups in total. The molecule has 0 saturated carbocycles. The number of halogens is 1. The van der Waals surface area contributed by atoms with Gasteiger partial charge in [-0.1, -0.05) is 42.5 Å². The Labute approximate surface area is 498 Å². The number of carboxylic acid groups (broad SMARTS) is 1. The van der Waals surface area contributed by atoms with Crippen molar-refractivity contribution < 1.29 is 55.3 Å². The fourth-order valence-electron chi connectivity index (χ4n) is 13.6. The number of hydrogen-bond donors (Lipinski definition) is 3. The first-order valence-corrected chi connectivity index (χ1v) is 30.0. The number of carbonyl (C=O) groups excluding carboxylic acids is 5. The number of unbranched alkanes of at least 4 members (excludes halogenated alkanes) is 1. The molecule has 4 aliphatic heterocycles. The van der Waals surface area contributed by atoms with Crippen molar-refractivity contribution in [3.63, 3.8) is 0 Å². The zero-order valence-electron chi connectivity index (χ0n) is 48.7. The highest BCUT2D eigenvalue weighted by Gasteiger charge is 2.55. The Kier molecular flexibility index (Phi) is 13.8. The molecule has 19 nitrogen and oxygen atoms in total. The number of benzene rings is 7. The van der Waals surface area contributed by atoms with Gasteiger partial charge in [0.25, 0.3) is 17.7 Å². The molecule has 5 aliphatic rings. The number of aromatic nitrogens is 2. The lowest BCUT2D eigenvalue weighted by atomic mass is 9.89. The van der Waals surface area contributed by atoms with Gasteiger partial charge < -0.3 is 58.7 Å². The topological polar surface area (TPSA) is 230 Å². The third-order valence-corrected chi connectivity index (χ3v) is 18.6. The maximum atomic E-state index is 15.5. The van der Waals surface area contributed by atoms with E-state index in [-0.39, 0.29) is 48.4 Å². The van der Waals surface area contributed by atoms with Crippen molar-refractivity contribution in [1.82, 2.24) is 34.6 Å². The van der Waals surface area contributed by atoms with Crippen LogP contribution in [0.2, 0.25) is 0 Å². The standard InChI is InChI=1S/C66H61FN8O11S/c1-66-60(84-7)50(33-53(86-66)74-48-17-10-8-14-41(48)56-57-46(34-69-63(57)78)55-42-15-9-11-18-49(42)75(66)59(55)58(56)74)73(6)64(79)47(70-62(77)35-19-24-39(25-20-35)87(67,82)83)16-12-13-29-68-61(76)36-21-26-40(45(30-36)65(80)81)54-43-27-22-37(71(2)3)31-51(43)85-52-32-38(72(4)5)23-28-44(52)54/h8-11,14-15,17-28,30-32,47,50,53,60H,12-13,16,29,33-34H2,1-7H3,(H3-,68,69,70,76,77,78,80,81)/t47?,50-,53-,60-,66+/m1/s1. The van der Waals surface area contributed by atoms with Crippen LogP contribution in [0.3, 0.4) is 0 Å². The van der Waals surface area contributed by atoms with Crippen LogP contribution in [0.15, 0.2) is 137 Å². The SMILES string of the molecule is CO[C@@H]1[C@H](N(C)C(=O)C(CCCCNC(=O)c2ccc(-c3c4ccc(=[N+](C)C)cc-4oc4cc(N(C)C)ccc34)c(C(=O)[O-])c2)NC(=O)c2ccc(S(=O)(=O)F)cc2)C[C@H]2O[C@]1(C)n1c3ccccc3c3c4c(c5c6ccccc6n2c5c31)C(=O)NC4. The Bertz CT molecular complexity index is 4760. The minimum atomic E-state index is -5.07. The van der Waals surface area contributed by atoms with Gasteiger partial charge in [0.1, 0.15) is 43.8 Å². The molecule has 4 amide bonds. The maximum Gasteiger partial charge on any atom is 0.332 e. The van der Waals surface area contributed by atoms with Crippen molar-refractivity contribution in [3.05, 3.63) is 161 Å². The fraction of sp³-hybridized carbons (Fsp3) is 0.273. The maximum absolute atomic E-state index is 15.5. The van der Waals surface area contributed by atoms with Gasteiger partial charge in [-0.05, 0) is 104 Å². The molecule has 6 heterocycles. The molecule has 1 fully saturated rings. The number of hydrogen-bond acceptors (Lipinski definition) is 12. The lowest BCUT2D eigenvalue weighted by Crippen LogP contribution is -2.63. The van der Waals surface area contributed by atoms with Gasteiger partial charge in [-0.15, -0.1) is 3.89 Å². The second-order valence-corrected chi connectivity index (χ2v) is 24.5. The van der Waals surface area contributed by atoms with E-state index in [1.54, 1.807) is 31.2 Å². The number of methoxy groups -OCH3 is 1. The van der Waals surface area contributed by atoms with Gasteiger partial charge in [-0.25, -0.2) is 4.58 Å². The van der Waals surface area contributed by atoms with Gasteiger partial charge in [-0.3, -0.25) is 19.2 Å². The largest absolute Gasteiger partial charge is 0.545 e. The number of fused-ring (bicyclic) bond motifs is 15. The number of nitrogens with one attached hydrogen (secondary N) is 3. The lowest BCUT2D eigenvalue weighted by Gasteiger charge is -2.51. The predicted molar refractivity (Wildman–Crippen MR) is 326 cm³/mol. The number of nitrogens with zero attached hydrogens (tertiary/aromatic N) is 5. The van der Waals surface area contributed by atoms with Crippen LogP contribution in [0.5, 0.6) is 0 Å². The number of anilines is 1. The average molecular weight is 1190 g/mol. The van der Waals surface area contributed by atoms with E-state index in [0.717, 1.165) is 84.5 Å². The van der Waals surface area contributed by atoms with Gasteiger partial charge in [0.2, 0.25) is 11.3 Å². The number of rotatable bonds is 15. The van der Waals surface area contributed by atoms with Gasteiger partial charge in [-0.2, -0.15) is 8.42 Å². The Hall–Kier alpha value is -9.44. The molecule has 1 unspecified atom stereocenters. The zero-order valence-corrected chi connectivity index (χ0v) is 49.5. The van der Waals surface area contributed by atoms with Crippen LogP contribution in [0.1, 0.15) is 85.8 Å². The molecule has 13 rings (SSSR count). The Morgan fingerprint density at radius 2 is 1.53 bits per heavy atom. The summed E-state index contributed by atoms with van der Waals surface area (Å²) in [6.45, 7) is 2.38. The molecule has 2 bridgehead atoms. The number of carbonyl (C=O) groups is 5. The molecule has 21 heteroatoms. The number of carboxylic acids is 1. The average Bonchev–Trinajstić information content (AvgIpc) is 1.51. The normalized spacial score (nSPS) is 18.3. The molecular weight excluding hydrogens is 1130 g/mol. The summed E-state index contributed by atoms with van der Waals surface area (Å²) in [5.41, 5.74) is 6.40. The zero-order chi connectivity index (χ0) is 61.1. The van der Waals surface area contributed by atoms with Gasteiger partial charge in [0.15, 0.2) is 5.72 Å². The number of para-hydroxylation sites is 2. The molecule has 87 heavy (non-hydrogen) atoms. The van der Waals surface area contributed by atoms with E-state index in [1.807, 2.05) is 130 Å². The van der Waals surface area contributed by atoms with E-state index >= 15 is 4.79 Å². The van der Waals surface area contributed by atoms with E-state index < -0.39 is 69.0 Å². The number of aromatic carboxylic acids is 1. The van der Waals surface area contributed by atoms with Gasteiger partial charge in [0, 0.05) is 120 Å². The summed E-state index contributed by atoms with van der Waals surface area (Å²) in [5.74, 6) is -2.88. The quantitative estimate of drug-likeness (QED) is 0.0390. The van der Waals surface area contributed by atoms with E-state index in [0.29, 0.717) is 51.9 Å². The third kappa shape index (κ3) is 9.16. The van der Waals surface area contributed by atoms with Crippen molar-refractivity contribution >= 4 is 100 Å². The van der Waals surface area contributed by atoms with Crippen molar-refractivity contribution in [2.24, 2.45) is 0 Å². The van der Waals surface area contributed by atoms with Crippen LogP contribution in [-0.2, 0) is 36.8 Å². The number of ether oxygens (including phenoxy) is 2. The van der Waals surface area contributed by atoms with Crippen LogP contribution in [0.25, 0.3) is 77.0 Å². The molecule has 6 aromatic carbocycles. The van der Waals surface area contributed by atoms with Gasteiger partial charge >= 0.3 is 10.2 Å². The Morgan fingerprint density at radius 3 is 2.23 bits per heavy atom. The first-order chi connectivity index (χ1) is 41.7. The highest BCUT2D eigenvalue weighted by Crippen LogP contribution is 2.54. The molecule has 0 radical (unpaired) electrons. The van der Waals surface area contributed by atoms with E-state index in [1.165, 1.54) is 6.07 Å². The second kappa shape index (κ2) is 21.2. The summed E-state index contributed by atoms with van der Waals surface area (Å²) in [7, 11) is 5.80. The first-order valence-electron chi connectivity index (χ1n) is 28.6. The molecule has 1 aliphatic carbocycles. The fourth-order valence-corrected chi connectivity index (χ4v) is 14.1. The molecule has 444 valence electrons. The predicted octanol–water partition coefficient (Wildman–Crippen LogP) is 7.63. The van der Waals surface area contributed by atoms with Crippen LogP contribution < -0.4 is 35.9 Å². The molecule has 8 aromatic rings. The molecule has 0 spiro atoms. The molecular formula is C66H61FN8O11S. The summed E-state index contributed by atoms with van der Waals surface area (Å²) < 4.78 is 64.0. The monoisotopic (exact) mass is 1190 g/mol. The van der Waals surface area contributed by atoms with Crippen molar-refractivity contribution in [2.75, 3.05) is 53.8 Å². The summed E-state index contributed by atoms with van der Waals surface area (Å²) in [6, 6.07) is 34.0. The summed E-state index contributed by atoms with van der Waals surface area (Å²) in [4.78, 5) is 73.5. The minimum absolute atomic E-state index is 0.0256. The highest BCUT2D eigenvalue weighted by atomic mass is 32.3. The first kappa shape index (κ1) is 56.7. The minimum Gasteiger partial charge on any atom is -0.545 e. The Morgan fingerprint density at radius 1 is 0.828 bits per heavy atom. The smallest absolute Gasteiger partial charge is 0.332 e. The second-order valence-electron chi connectivity index (χ2n) is 23.2. The van der Waals surface area contributed by atoms with Crippen LogP contribution in [0, 0.1) is 0 Å². The van der Waals surface area contributed by atoms with Crippen LogP contribution >= 0.6 is 0 Å². The van der Waals surface area contributed by atoms with Crippen molar-refractivity contribution in [1.29, 1.82) is 0 Å². The van der Waals surface area contributed by atoms with Crippen molar-refractivity contribution in [3.8, 4) is 22.5 Å². The van der Waals surface area contributed by atoms with E-state index in [2.05, 4.69) is 25.1 Å². The number of amides is 4. The van der Waals surface area contributed by atoms with Gasteiger partial charge in [0.05, 0.1) is 50.6 Å². The summed E-state index contributed by atoms with van der Waals surface area (Å²) >= 11 is 0. The summed E-state index contributed by atoms with van der Waals surface area (Å²) in [6.07, 6.45) is -0.666. The molecule has 2 aromatic heterocycles. The molecule has 5 atom stereocenters.